The topological polar surface area (TPSA) is 12.9 Å². The van der Waals surface area contributed by atoms with Gasteiger partial charge >= 0.3 is 0 Å². The van der Waals surface area contributed by atoms with E-state index in [0.29, 0.717) is 10.0 Å². The van der Waals surface area contributed by atoms with Gasteiger partial charge in [0.05, 0.1) is 10.0 Å². The zero-order valence-electron chi connectivity index (χ0n) is 6.91. The Hall–Kier alpha value is -0.220. The molecule has 0 unspecified atom stereocenters. The van der Waals surface area contributed by atoms with E-state index in [0.717, 1.165) is 9.24 Å². The third-order valence-corrected chi connectivity index (χ3v) is 4.40. The van der Waals surface area contributed by atoms with Crippen LogP contribution in [0, 0.1) is 0 Å². The van der Waals surface area contributed by atoms with Crippen molar-refractivity contribution < 1.29 is 0 Å². The Morgan fingerprint density at radius 2 is 2.14 bits per heavy atom. The Balaban J connectivity index is 2.29. The number of thiazole rings is 1. The number of rotatable bonds is 2. The molecule has 72 valence electrons. The minimum atomic E-state index is 0.577. The van der Waals surface area contributed by atoms with Gasteiger partial charge in [0.25, 0.3) is 0 Å². The second kappa shape index (κ2) is 4.53. The lowest BCUT2D eigenvalue weighted by molar-refractivity contribution is 1.25. The van der Waals surface area contributed by atoms with Crippen LogP contribution in [0.25, 0.3) is 0 Å². The first-order chi connectivity index (χ1) is 6.77. The van der Waals surface area contributed by atoms with Gasteiger partial charge in [-0.05, 0) is 12.1 Å². The fourth-order valence-corrected chi connectivity index (χ4v) is 3.03. The molecule has 1 aromatic carbocycles. The normalized spacial score (nSPS) is 10.4. The van der Waals surface area contributed by atoms with E-state index in [1.54, 1.807) is 23.6 Å². The summed E-state index contributed by atoms with van der Waals surface area (Å²) in [6.45, 7) is 0. The number of benzene rings is 1. The maximum atomic E-state index is 6.03. The van der Waals surface area contributed by atoms with E-state index in [1.165, 1.54) is 11.8 Å². The van der Waals surface area contributed by atoms with Crippen molar-refractivity contribution in [2.24, 2.45) is 0 Å². The van der Waals surface area contributed by atoms with Crippen LogP contribution < -0.4 is 0 Å². The zero-order valence-corrected chi connectivity index (χ0v) is 10.1. The second-order valence-corrected chi connectivity index (χ2v) is 5.42. The molecule has 14 heavy (non-hydrogen) atoms. The molecule has 0 fully saturated rings. The van der Waals surface area contributed by atoms with Crippen molar-refractivity contribution in [3.63, 3.8) is 0 Å². The van der Waals surface area contributed by atoms with E-state index in [-0.39, 0.29) is 0 Å². The molecule has 0 amide bonds. The van der Waals surface area contributed by atoms with Crippen LogP contribution in [0.3, 0.4) is 0 Å². The molecule has 1 aromatic heterocycles. The molecule has 0 N–H and O–H groups in total. The molecule has 2 rings (SSSR count). The summed E-state index contributed by atoms with van der Waals surface area (Å²) in [5.74, 6) is 0. The molecule has 0 saturated carbocycles. The van der Waals surface area contributed by atoms with Gasteiger partial charge in [-0.3, -0.25) is 0 Å². The Kier molecular flexibility index (Phi) is 3.34. The molecular weight excluding hydrogens is 257 g/mol. The molecule has 1 nitrogen and oxygen atoms in total. The van der Waals surface area contributed by atoms with E-state index in [9.17, 15) is 0 Å². The highest BCUT2D eigenvalue weighted by molar-refractivity contribution is 8.01. The summed E-state index contributed by atoms with van der Waals surface area (Å²) in [5, 5.41) is 3.10. The van der Waals surface area contributed by atoms with Gasteiger partial charge in [0.2, 0.25) is 0 Å². The SMILES string of the molecule is Clc1cccc(Sc2nccs2)c1Cl. The van der Waals surface area contributed by atoms with Crippen LogP contribution in [0.1, 0.15) is 0 Å². The van der Waals surface area contributed by atoms with Crippen molar-refractivity contribution >= 4 is 46.3 Å². The van der Waals surface area contributed by atoms with E-state index in [2.05, 4.69) is 4.98 Å². The lowest BCUT2D eigenvalue weighted by Gasteiger charge is -2.01. The maximum Gasteiger partial charge on any atom is 0.154 e. The highest BCUT2D eigenvalue weighted by Crippen LogP contribution is 2.37. The van der Waals surface area contributed by atoms with Crippen LogP contribution in [0.4, 0.5) is 0 Å². The van der Waals surface area contributed by atoms with Gasteiger partial charge in [-0.15, -0.1) is 11.3 Å². The first-order valence-electron chi connectivity index (χ1n) is 3.79. The number of aromatic nitrogens is 1. The fourth-order valence-electron chi connectivity index (χ4n) is 0.918. The molecule has 2 aromatic rings. The lowest BCUT2D eigenvalue weighted by Crippen LogP contribution is -1.75. The number of hydrogen-bond donors (Lipinski definition) is 0. The van der Waals surface area contributed by atoms with Gasteiger partial charge in [0.15, 0.2) is 4.34 Å². The highest BCUT2D eigenvalue weighted by atomic mass is 35.5. The summed E-state index contributed by atoms with van der Waals surface area (Å²) in [6.07, 6.45) is 1.77. The molecule has 0 aliphatic rings. The molecule has 0 saturated heterocycles. The maximum absolute atomic E-state index is 6.03. The summed E-state index contributed by atoms with van der Waals surface area (Å²) >= 11 is 15.0. The quantitative estimate of drug-likeness (QED) is 0.784. The third-order valence-electron chi connectivity index (χ3n) is 1.52. The smallest absolute Gasteiger partial charge is 0.154 e. The first-order valence-corrected chi connectivity index (χ1v) is 6.24. The van der Waals surface area contributed by atoms with Crippen molar-refractivity contribution in [2.45, 2.75) is 9.24 Å². The van der Waals surface area contributed by atoms with Gasteiger partial charge in [-0.25, -0.2) is 4.98 Å². The Morgan fingerprint density at radius 1 is 1.29 bits per heavy atom. The van der Waals surface area contributed by atoms with Crippen LogP contribution in [-0.4, -0.2) is 4.98 Å². The minimum Gasteiger partial charge on any atom is -0.238 e. The molecule has 0 aliphatic carbocycles. The average Bonchev–Trinajstić information content (AvgIpc) is 2.66. The number of hydrogen-bond acceptors (Lipinski definition) is 3. The molecule has 0 atom stereocenters. The van der Waals surface area contributed by atoms with E-state index in [4.69, 9.17) is 23.2 Å². The number of nitrogens with zero attached hydrogens (tertiary/aromatic N) is 1. The van der Waals surface area contributed by atoms with E-state index >= 15 is 0 Å². The van der Waals surface area contributed by atoms with Crippen molar-refractivity contribution in [3.05, 3.63) is 39.8 Å². The molecule has 5 heteroatoms. The Bertz CT molecular complexity index is 428. The van der Waals surface area contributed by atoms with Crippen molar-refractivity contribution in [1.29, 1.82) is 0 Å². The van der Waals surface area contributed by atoms with Crippen molar-refractivity contribution in [2.75, 3.05) is 0 Å². The molecule has 0 aliphatic heterocycles. The Morgan fingerprint density at radius 3 is 2.86 bits per heavy atom. The predicted octanol–water partition coefficient (Wildman–Crippen LogP) is 4.60. The summed E-state index contributed by atoms with van der Waals surface area (Å²) in [4.78, 5) is 5.10. The van der Waals surface area contributed by atoms with Crippen molar-refractivity contribution in [3.8, 4) is 0 Å². The first kappa shape index (κ1) is 10.3. The Labute approximate surface area is 100 Å². The van der Waals surface area contributed by atoms with Crippen LogP contribution in [0.5, 0.6) is 0 Å². The van der Waals surface area contributed by atoms with Gasteiger partial charge in [0, 0.05) is 16.5 Å². The highest BCUT2D eigenvalue weighted by Gasteiger charge is 2.06. The van der Waals surface area contributed by atoms with E-state index in [1.807, 2.05) is 17.5 Å². The van der Waals surface area contributed by atoms with Gasteiger partial charge in [0.1, 0.15) is 0 Å². The van der Waals surface area contributed by atoms with E-state index < -0.39 is 0 Å². The molecule has 0 radical (unpaired) electrons. The zero-order chi connectivity index (χ0) is 9.97. The molecule has 0 bridgehead atoms. The second-order valence-electron chi connectivity index (χ2n) is 2.45. The lowest BCUT2D eigenvalue weighted by atomic mass is 10.4. The van der Waals surface area contributed by atoms with Crippen LogP contribution in [0.2, 0.25) is 10.0 Å². The van der Waals surface area contributed by atoms with Crippen LogP contribution >= 0.6 is 46.3 Å². The van der Waals surface area contributed by atoms with Gasteiger partial charge in [-0.1, -0.05) is 41.0 Å². The summed E-state index contributed by atoms with van der Waals surface area (Å²) in [7, 11) is 0. The third kappa shape index (κ3) is 2.23. The summed E-state index contributed by atoms with van der Waals surface area (Å²) in [5.41, 5.74) is 0. The molecule has 0 spiro atoms. The predicted molar refractivity (Wildman–Crippen MR) is 62.7 cm³/mol. The number of halogens is 2. The molecular formula is C9H5Cl2NS2. The van der Waals surface area contributed by atoms with Crippen molar-refractivity contribution in [1.82, 2.24) is 4.98 Å². The average molecular weight is 262 g/mol. The fraction of sp³-hybridized carbons (Fsp3) is 0. The van der Waals surface area contributed by atoms with Gasteiger partial charge in [-0.2, -0.15) is 0 Å². The minimum absolute atomic E-state index is 0.577. The largest absolute Gasteiger partial charge is 0.238 e. The molecule has 1 heterocycles. The monoisotopic (exact) mass is 261 g/mol. The summed E-state index contributed by atoms with van der Waals surface area (Å²) < 4.78 is 0.967. The van der Waals surface area contributed by atoms with Gasteiger partial charge < -0.3 is 0 Å². The summed E-state index contributed by atoms with van der Waals surface area (Å²) in [6, 6.07) is 5.58. The standard InChI is InChI=1S/C9H5Cl2NS2/c10-6-2-1-3-7(8(6)11)14-9-12-4-5-13-9/h1-5H. The van der Waals surface area contributed by atoms with Crippen LogP contribution in [0.15, 0.2) is 39.0 Å². The van der Waals surface area contributed by atoms with Crippen LogP contribution in [-0.2, 0) is 0 Å².